The summed E-state index contributed by atoms with van der Waals surface area (Å²) < 4.78 is 0. The van der Waals surface area contributed by atoms with E-state index in [0.29, 0.717) is 5.75 Å². The van der Waals surface area contributed by atoms with E-state index in [9.17, 15) is 10.2 Å². The molecule has 0 heterocycles. The Morgan fingerprint density at radius 3 is 2.30 bits per heavy atom. The summed E-state index contributed by atoms with van der Waals surface area (Å²) in [5.74, 6) is 0.810. The summed E-state index contributed by atoms with van der Waals surface area (Å²) in [6.45, 7) is 6.00. The van der Waals surface area contributed by atoms with Crippen LogP contribution in [0.1, 0.15) is 36.5 Å². The van der Waals surface area contributed by atoms with Gasteiger partial charge in [0.15, 0.2) is 0 Å². The Hall–Kier alpha value is -2.29. The third kappa shape index (κ3) is 3.18. The van der Waals surface area contributed by atoms with Crippen molar-refractivity contribution in [3.05, 3.63) is 53.1 Å². The summed E-state index contributed by atoms with van der Waals surface area (Å²) in [7, 11) is 0. The number of aromatic hydroxyl groups is 2. The van der Waals surface area contributed by atoms with Crippen molar-refractivity contribution in [2.45, 2.75) is 26.7 Å². The Labute approximate surface area is 119 Å². The zero-order valence-corrected chi connectivity index (χ0v) is 12.0. The lowest BCUT2D eigenvalue weighted by Gasteiger charge is -2.11. The van der Waals surface area contributed by atoms with Gasteiger partial charge in [-0.1, -0.05) is 13.8 Å². The fourth-order valence-corrected chi connectivity index (χ4v) is 2.00. The maximum Gasteiger partial charge on any atom is 0.119 e. The number of nitrogens with zero attached hydrogens (tertiary/aromatic N) is 1. The third-order valence-electron chi connectivity index (χ3n) is 3.21. The van der Waals surface area contributed by atoms with Gasteiger partial charge in [0, 0.05) is 6.21 Å². The normalized spacial score (nSPS) is 11.4. The van der Waals surface area contributed by atoms with Crippen LogP contribution in [-0.4, -0.2) is 16.4 Å². The van der Waals surface area contributed by atoms with Crippen LogP contribution in [0.15, 0.2) is 41.4 Å². The molecule has 0 saturated heterocycles. The highest BCUT2D eigenvalue weighted by Crippen LogP contribution is 2.32. The van der Waals surface area contributed by atoms with Gasteiger partial charge in [0.05, 0.1) is 5.69 Å². The van der Waals surface area contributed by atoms with Crippen LogP contribution in [0.25, 0.3) is 0 Å². The van der Waals surface area contributed by atoms with Crippen molar-refractivity contribution >= 4 is 11.9 Å². The summed E-state index contributed by atoms with van der Waals surface area (Å²) >= 11 is 0. The smallest absolute Gasteiger partial charge is 0.119 e. The molecule has 0 bridgehead atoms. The van der Waals surface area contributed by atoms with Crippen LogP contribution in [-0.2, 0) is 0 Å². The van der Waals surface area contributed by atoms with Gasteiger partial charge in [-0.05, 0) is 65.9 Å². The van der Waals surface area contributed by atoms with Gasteiger partial charge in [0.2, 0.25) is 0 Å². The molecule has 0 aliphatic carbocycles. The standard InChI is InChI=1S/C17H19NO2/c1-11(2)15-9-16(12(3)8-17(15)20)18-10-13-4-6-14(19)7-5-13/h4-11,19-20H,1-3H3. The van der Waals surface area contributed by atoms with E-state index in [1.807, 2.05) is 26.8 Å². The second kappa shape index (κ2) is 5.78. The molecule has 0 aliphatic rings. The number of aliphatic imine (C=N–C) groups is 1. The van der Waals surface area contributed by atoms with E-state index >= 15 is 0 Å². The van der Waals surface area contributed by atoms with Crippen molar-refractivity contribution < 1.29 is 10.2 Å². The highest BCUT2D eigenvalue weighted by atomic mass is 16.3. The molecule has 0 aromatic heterocycles. The topological polar surface area (TPSA) is 52.8 Å². The molecule has 2 aromatic rings. The summed E-state index contributed by atoms with van der Waals surface area (Å²) in [5.41, 5.74) is 3.59. The lowest BCUT2D eigenvalue weighted by molar-refractivity contribution is 0.464. The lowest BCUT2D eigenvalue weighted by atomic mass is 9.99. The Balaban J connectivity index is 2.33. The van der Waals surface area contributed by atoms with Crippen LogP contribution in [0.5, 0.6) is 11.5 Å². The number of phenols is 2. The molecule has 0 fully saturated rings. The Bertz CT molecular complexity index is 628. The first-order chi connectivity index (χ1) is 9.47. The Morgan fingerprint density at radius 1 is 1.05 bits per heavy atom. The van der Waals surface area contributed by atoms with Crippen LogP contribution in [0.2, 0.25) is 0 Å². The van der Waals surface area contributed by atoms with Crippen LogP contribution in [0.4, 0.5) is 5.69 Å². The predicted octanol–water partition coefficient (Wildman–Crippen LogP) is 4.28. The summed E-state index contributed by atoms with van der Waals surface area (Å²) in [5, 5.41) is 19.2. The molecule has 2 aromatic carbocycles. The van der Waals surface area contributed by atoms with Gasteiger partial charge in [0.25, 0.3) is 0 Å². The minimum Gasteiger partial charge on any atom is -0.508 e. The van der Waals surface area contributed by atoms with Crippen molar-refractivity contribution in [3.63, 3.8) is 0 Å². The van der Waals surface area contributed by atoms with E-state index in [4.69, 9.17) is 0 Å². The molecule has 2 N–H and O–H groups in total. The molecule has 3 heteroatoms. The van der Waals surface area contributed by atoms with Crippen molar-refractivity contribution in [2.24, 2.45) is 4.99 Å². The molecular formula is C17H19NO2. The average molecular weight is 269 g/mol. The molecule has 0 spiro atoms. The van der Waals surface area contributed by atoms with Gasteiger partial charge in [-0.25, -0.2) is 0 Å². The monoisotopic (exact) mass is 269 g/mol. The second-order valence-corrected chi connectivity index (χ2v) is 5.20. The first-order valence-electron chi connectivity index (χ1n) is 6.64. The van der Waals surface area contributed by atoms with Crippen molar-refractivity contribution in [1.82, 2.24) is 0 Å². The third-order valence-corrected chi connectivity index (χ3v) is 3.21. The van der Waals surface area contributed by atoms with Gasteiger partial charge in [-0.2, -0.15) is 0 Å². The summed E-state index contributed by atoms with van der Waals surface area (Å²) in [6.07, 6.45) is 1.75. The number of phenolic OH excluding ortho intramolecular Hbond substituents is 2. The number of aryl methyl sites for hydroxylation is 1. The zero-order valence-electron chi connectivity index (χ0n) is 12.0. The van der Waals surface area contributed by atoms with Gasteiger partial charge in [0.1, 0.15) is 11.5 Å². The molecule has 2 rings (SSSR count). The van der Waals surface area contributed by atoms with E-state index in [1.165, 1.54) is 0 Å². The largest absolute Gasteiger partial charge is 0.508 e. The van der Waals surface area contributed by atoms with E-state index in [1.54, 1.807) is 36.5 Å². The SMILES string of the molecule is Cc1cc(O)c(C(C)C)cc1N=Cc1ccc(O)cc1. The highest BCUT2D eigenvalue weighted by Gasteiger charge is 2.09. The zero-order chi connectivity index (χ0) is 14.7. The van der Waals surface area contributed by atoms with Crippen molar-refractivity contribution in [1.29, 1.82) is 0 Å². The molecule has 20 heavy (non-hydrogen) atoms. The first kappa shape index (κ1) is 14.1. The second-order valence-electron chi connectivity index (χ2n) is 5.20. The highest BCUT2D eigenvalue weighted by molar-refractivity contribution is 5.82. The maximum absolute atomic E-state index is 9.92. The first-order valence-corrected chi connectivity index (χ1v) is 6.64. The molecular weight excluding hydrogens is 250 g/mol. The molecule has 0 radical (unpaired) electrons. The van der Waals surface area contributed by atoms with Gasteiger partial charge >= 0.3 is 0 Å². The fraction of sp³-hybridized carbons (Fsp3) is 0.235. The average Bonchev–Trinajstić information content (AvgIpc) is 2.39. The number of rotatable bonds is 3. The van der Waals surface area contributed by atoms with E-state index in [2.05, 4.69) is 4.99 Å². The molecule has 0 amide bonds. The fourth-order valence-electron chi connectivity index (χ4n) is 2.00. The number of benzene rings is 2. The minimum absolute atomic E-state index is 0.241. The molecule has 0 unspecified atom stereocenters. The van der Waals surface area contributed by atoms with Gasteiger partial charge < -0.3 is 10.2 Å². The number of hydrogen-bond acceptors (Lipinski definition) is 3. The molecule has 104 valence electrons. The summed E-state index contributed by atoms with van der Waals surface area (Å²) in [4.78, 5) is 4.47. The molecule has 0 atom stereocenters. The van der Waals surface area contributed by atoms with Crippen molar-refractivity contribution in [2.75, 3.05) is 0 Å². The van der Waals surface area contributed by atoms with Gasteiger partial charge in [-0.3, -0.25) is 4.99 Å². The van der Waals surface area contributed by atoms with E-state index in [-0.39, 0.29) is 11.7 Å². The van der Waals surface area contributed by atoms with E-state index < -0.39 is 0 Å². The van der Waals surface area contributed by atoms with Crippen LogP contribution in [0, 0.1) is 6.92 Å². The molecule has 3 nitrogen and oxygen atoms in total. The lowest BCUT2D eigenvalue weighted by Crippen LogP contribution is -1.90. The summed E-state index contributed by atoms with van der Waals surface area (Å²) in [6, 6.07) is 10.5. The molecule has 0 aliphatic heterocycles. The van der Waals surface area contributed by atoms with Crippen LogP contribution in [0.3, 0.4) is 0 Å². The quantitative estimate of drug-likeness (QED) is 0.817. The van der Waals surface area contributed by atoms with Crippen LogP contribution < -0.4 is 0 Å². The minimum atomic E-state index is 0.241. The van der Waals surface area contributed by atoms with E-state index in [0.717, 1.165) is 22.4 Å². The predicted molar refractivity (Wildman–Crippen MR) is 82.3 cm³/mol. The van der Waals surface area contributed by atoms with Gasteiger partial charge in [-0.15, -0.1) is 0 Å². The Kier molecular flexibility index (Phi) is 4.08. The number of hydrogen-bond donors (Lipinski definition) is 2. The Morgan fingerprint density at radius 2 is 1.70 bits per heavy atom. The maximum atomic E-state index is 9.92. The van der Waals surface area contributed by atoms with Crippen molar-refractivity contribution in [3.8, 4) is 11.5 Å². The van der Waals surface area contributed by atoms with Crippen LogP contribution >= 0.6 is 0 Å². The molecule has 0 saturated carbocycles.